The van der Waals surface area contributed by atoms with Crippen molar-refractivity contribution in [1.82, 2.24) is 0 Å². The maximum Gasteiger partial charge on any atom is 0.346 e. The van der Waals surface area contributed by atoms with Crippen molar-refractivity contribution in [2.24, 2.45) is 0 Å². The first-order chi connectivity index (χ1) is 8.36. The molecule has 0 N–H and O–H groups in total. The predicted molar refractivity (Wildman–Crippen MR) is 67.6 cm³/mol. The number of halogens is 1. The van der Waals surface area contributed by atoms with Crippen LogP contribution in [0.3, 0.4) is 0 Å². The van der Waals surface area contributed by atoms with Gasteiger partial charge in [0.2, 0.25) is 5.75 Å². The highest BCUT2D eigenvalue weighted by Crippen LogP contribution is 2.34. The molecule has 0 spiro atoms. The SMILES string of the molecule is COC(=O)[C@@H](C)Oc1c(C)cc(Br)cc1[N+](=O)[O-]. The molecule has 98 valence electrons. The van der Waals surface area contributed by atoms with Gasteiger partial charge >= 0.3 is 11.7 Å². The van der Waals surface area contributed by atoms with Crippen molar-refractivity contribution in [3.05, 3.63) is 32.3 Å². The minimum absolute atomic E-state index is 0.0705. The van der Waals surface area contributed by atoms with Gasteiger partial charge in [0.25, 0.3) is 0 Å². The summed E-state index contributed by atoms with van der Waals surface area (Å²) in [4.78, 5) is 21.6. The second-order valence-corrected chi connectivity index (χ2v) is 4.53. The average Bonchev–Trinajstić information content (AvgIpc) is 2.30. The smallest absolute Gasteiger partial charge is 0.346 e. The molecular weight excluding hydrogens is 306 g/mol. The summed E-state index contributed by atoms with van der Waals surface area (Å²) < 4.78 is 10.4. The van der Waals surface area contributed by atoms with Gasteiger partial charge in [0.1, 0.15) is 0 Å². The Balaban J connectivity index is 3.15. The Morgan fingerprint density at radius 3 is 2.61 bits per heavy atom. The molecule has 0 heterocycles. The van der Waals surface area contributed by atoms with Crippen LogP contribution in [-0.4, -0.2) is 24.1 Å². The zero-order chi connectivity index (χ0) is 13.9. The minimum Gasteiger partial charge on any atom is -0.472 e. The third-order valence-corrected chi connectivity index (χ3v) is 2.70. The summed E-state index contributed by atoms with van der Waals surface area (Å²) in [6.45, 7) is 3.13. The Labute approximate surface area is 112 Å². The van der Waals surface area contributed by atoms with Crippen molar-refractivity contribution in [1.29, 1.82) is 0 Å². The number of nitro benzene ring substituents is 1. The lowest BCUT2D eigenvalue weighted by atomic mass is 10.2. The van der Waals surface area contributed by atoms with Crippen molar-refractivity contribution < 1.29 is 19.2 Å². The van der Waals surface area contributed by atoms with E-state index in [1.165, 1.54) is 20.1 Å². The molecule has 1 aromatic carbocycles. The summed E-state index contributed by atoms with van der Waals surface area (Å²) >= 11 is 3.17. The Kier molecular flexibility index (Phi) is 4.66. The number of esters is 1. The number of hydrogen-bond donors (Lipinski definition) is 0. The van der Waals surface area contributed by atoms with Crippen LogP contribution < -0.4 is 4.74 Å². The Morgan fingerprint density at radius 1 is 1.50 bits per heavy atom. The number of ether oxygens (including phenoxy) is 2. The van der Waals surface area contributed by atoms with Gasteiger partial charge in [-0.1, -0.05) is 15.9 Å². The fourth-order valence-electron chi connectivity index (χ4n) is 1.39. The molecule has 0 fully saturated rings. The van der Waals surface area contributed by atoms with Crippen molar-refractivity contribution in [3.63, 3.8) is 0 Å². The van der Waals surface area contributed by atoms with Crippen LogP contribution in [0.5, 0.6) is 5.75 Å². The first-order valence-electron chi connectivity index (χ1n) is 5.05. The monoisotopic (exact) mass is 317 g/mol. The number of benzene rings is 1. The second-order valence-electron chi connectivity index (χ2n) is 3.61. The average molecular weight is 318 g/mol. The summed E-state index contributed by atoms with van der Waals surface area (Å²) in [6.07, 6.45) is -0.909. The van der Waals surface area contributed by atoms with E-state index in [1.807, 2.05) is 0 Å². The highest BCUT2D eigenvalue weighted by molar-refractivity contribution is 9.10. The van der Waals surface area contributed by atoms with Crippen molar-refractivity contribution in [2.75, 3.05) is 7.11 Å². The summed E-state index contributed by atoms with van der Waals surface area (Å²) in [7, 11) is 1.23. The van der Waals surface area contributed by atoms with Crippen LogP contribution in [0, 0.1) is 17.0 Å². The lowest BCUT2D eigenvalue weighted by molar-refractivity contribution is -0.386. The van der Waals surface area contributed by atoms with Gasteiger partial charge in [-0.2, -0.15) is 0 Å². The summed E-state index contributed by atoms with van der Waals surface area (Å²) in [5.41, 5.74) is 0.365. The van der Waals surface area contributed by atoms with E-state index in [1.54, 1.807) is 13.0 Å². The van der Waals surface area contributed by atoms with Crippen LogP contribution in [0.4, 0.5) is 5.69 Å². The number of aryl methyl sites for hydroxylation is 1. The van der Waals surface area contributed by atoms with E-state index < -0.39 is 17.0 Å². The van der Waals surface area contributed by atoms with Gasteiger partial charge in [0, 0.05) is 10.5 Å². The molecule has 0 amide bonds. The predicted octanol–water partition coefficient (Wildman–Crippen LogP) is 2.61. The van der Waals surface area contributed by atoms with E-state index in [0.717, 1.165) is 0 Å². The number of nitrogens with zero attached hydrogens (tertiary/aromatic N) is 1. The van der Waals surface area contributed by atoms with Crippen molar-refractivity contribution in [3.8, 4) is 5.75 Å². The quantitative estimate of drug-likeness (QED) is 0.484. The third-order valence-electron chi connectivity index (χ3n) is 2.24. The Bertz CT molecular complexity index is 489. The largest absolute Gasteiger partial charge is 0.472 e. The standard InChI is InChI=1S/C11H12BrNO5/c1-6-4-8(12)5-9(13(15)16)10(6)18-7(2)11(14)17-3/h4-5,7H,1-3H3/t7-/m1/s1. The van der Waals surface area contributed by atoms with Crippen LogP contribution in [0.25, 0.3) is 0 Å². The Hall–Kier alpha value is -1.63. The van der Waals surface area contributed by atoms with Crippen LogP contribution in [0.1, 0.15) is 12.5 Å². The molecule has 0 saturated carbocycles. The van der Waals surface area contributed by atoms with Gasteiger partial charge in [-0.25, -0.2) is 4.79 Å². The van der Waals surface area contributed by atoms with Crippen LogP contribution in [-0.2, 0) is 9.53 Å². The zero-order valence-electron chi connectivity index (χ0n) is 10.1. The lowest BCUT2D eigenvalue weighted by Gasteiger charge is -2.14. The van der Waals surface area contributed by atoms with Crippen LogP contribution >= 0.6 is 15.9 Å². The number of nitro groups is 1. The molecule has 1 atom stereocenters. The summed E-state index contributed by atoms with van der Waals surface area (Å²) in [6, 6.07) is 3.00. The molecule has 1 aromatic rings. The van der Waals surface area contributed by atoms with E-state index >= 15 is 0 Å². The highest BCUT2D eigenvalue weighted by Gasteiger charge is 2.24. The maximum absolute atomic E-state index is 11.2. The zero-order valence-corrected chi connectivity index (χ0v) is 11.7. The number of carbonyl (C=O) groups is 1. The van der Waals surface area contributed by atoms with Gasteiger partial charge in [0.15, 0.2) is 6.10 Å². The number of rotatable bonds is 4. The van der Waals surface area contributed by atoms with E-state index in [0.29, 0.717) is 10.0 Å². The number of hydrogen-bond acceptors (Lipinski definition) is 5. The molecule has 0 unspecified atom stereocenters. The van der Waals surface area contributed by atoms with Gasteiger partial charge < -0.3 is 9.47 Å². The topological polar surface area (TPSA) is 78.7 Å². The molecular formula is C11H12BrNO5. The molecule has 1 rings (SSSR count). The van der Waals surface area contributed by atoms with Gasteiger partial charge in [-0.05, 0) is 25.5 Å². The first-order valence-corrected chi connectivity index (χ1v) is 5.85. The molecule has 0 aliphatic carbocycles. The molecule has 7 heteroatoms. The van der Waals surface area contributed by atoms with Crippen molar-refractivity contribution in [2.45, 2.75) is 20.0 Å². The van der Waals surface area contributed by atoms with Gasteiger partial charge in [-0.3, -0.25) is 10.1 Å². The molecule has 0 bridgehead atoms. The third kappa shape index (κ3) is 3.19. The fraction of sp³-hybridized carbons (Fsp3) is 0.364. The van der Waals surface area contributed by atoms with E-state index in [9.17, 15) is 14.9 Å². The number of carbonyl (C=O) groups excluding carboxylic acids is 1. The lowest BCUT2D eigenvalue weighted by Crippen LogP contribution is -2.25. The summed E-state index contributed by atoms with van der Waals surface area (Å²) in [5.74, 6) is -0.521. The molecule has 0 aliphatic rings. The van der Waals surface area contributed by atoms with E-state index in [-0.39, 0.29) is 11.4 Å². The first kappa shape index (κ1) is 14.4. The van der Waals surface area contributed by atoms with Gasteiger partial charge in [-0.15, -0.1) is 0 Å². The molecule has 18 heavy (non-hydrogen) atoms. The van der Waals surface area contributed by atoms with E-state index in [4.69, 9.17) is 4.74 Å². The molecule has 0 radical (unpaired) electrons. The maximum atomic E-state index is 11.2. The van der Waals surface area contributed by atoms with Crippen LogP contribution in [0.15, 0.2) is 16.6 Å². The second kappa shape index (κ2) is 5.81. The minimum atomic E-state index is -0.909. The molecule has 0 saturated heterocycles. The molecule has 6 nitrogen and oxygen atoms in total. The van der Waals surface area contributed by atoms with Crippen LogP contribution in [0.2, 0.25) is 0 Å². The van der Waals surface area contributed by atoms with Gasteiger partial charge in [0.05, 0.1) is 12.0 Å². The van der Waals surface area contributed by atoms with E-state index in [2.05, 4.69) is 20.7 Å². The molecule has 0 aliphatic heterocycles. The number of methoxy groups -OCH3 is 1. The van der Waals surface area contributed by atoms with Crippen molar-refractivity contribution >= 4 is 27.6 Å². The normalized spacial score (nSPS) is 11.8. The highest BCUT2D eigenvalue weighted by atomic mass is 79.9. The summed E-state index contributed by atoms with van der Waals surface area (Å²) in [5, 5.41) is 10.9. The fourth-order valence-corrected chi connectivity index (χ4v) is 1.95. The Morgan fingerprint density at radius 2 is 2.11 bits per heavy atom. The molecule has 0 aromatic heterocycles.